The molecule has 0 radical (unpaired) electrons. The van der Waals surface area contributed by atoms with Crippen LogP contribution >= 0.6 is 22.9 Å². The molecule has 1 aliphatic rings. The smallest absolute Gasteiger partial charge is 0.225 e. The number of hydrogen-bond donors (Lipinski definition) is 0. The monoisotopic (exact) mass is 295 g/mol. The van der Waals surface area contributed by atoms with Crippen LogP contribution in [-0.4, -0.2) is 22.1 Å². The predicted molar refractivity (Wildman–Crippen MR) is 82.4 cm³/mol. The minimum absolute atomic E-state index is 0.360. The van der Waals surface area contributed by atoms with Crippen LogP contribution in [0.1, 0.15) is 38.0 Å². The molecule has 3 rings (SSSR count). The second-order valence-corrected chi connectivity index (χ2v) is 6.86. The zero-order valence-corrected chi connectivity index (χ0v) is 13.1. The number of anilines is 1. The Bertz CT molecular complexity index is 610. The van der Waals surface area contributed by atoms with Gasteiger partial charge >= 0.3 is 0 Å². The van der Waals surface area contributed by atoms with E-state index in [2.05, 4.69) is 41.7 Å². The van der Waals surface area contributed by atoms with Crippen molar-refractivity contribution >= 4 is 39.0 Å². The Morgan fingerprint density at radius 3 is 2.95 bits per heavy atom. The van der Waals surface area contributed by atoms with Gasteiger partial charge in [-0.1, -0.05) is 6.92 Å². The van der Waals surface area contributed by atoms with Gasteiger partial charge in [-0.2, -0.15) is 4.98 Å². The first-order valence-electron chi connectivity index (χ1n) is 6.82. The lowest BCUT2D eigenvalue weighted by Gasteiger charge is -2.29. The number of thiophene rings is 1. The van der Waals surface area contributed by atoms with Crippen molar-refractivity contribution in [1.82, 2.24) is 9.97 Å². The molecule has 1 fully saturated rings. The molecule has 3 nitrogen and oxygen atoms in total. The fourth-order valence-corrected chi connectivity index (χ4v) is 4.14. The fraction of sp³-hybridized carbons (Fsp3) is 0.571. The highest BCUT2D eigenvalue weighted by Gasteiger charge is 2.32. The first-order chi connectivity index (χ1) is 9.10. The first kappa shape index (κ1) is 13.1. The van der Waals surface area contributed by atoms with Crippen LogP contribution < -0.4 is 4.90 Å². The van der Waals surface area contributed by atoms with Gasteiger partial charge in [-0.25, -0.2) is 4.98 Å². The summed E-state index contributed by atoms with van der Waals surface area (Å²) in [5, 5.41) is 1.51. The Hall–Kier alpha value is -0.870. The molecule has 1 saturated heterocycles. The van der Waals surface area contributed by atoms with Crippen LogP contribution in [0.15, 0.2) is 6.07 Å². The standard InChI is InChI=1S/C14H18ClN3S/c1-4-10-6-5-8(2)18(10)12-11-7-9(3)19-13(11)17-14(15)16-12/h7-8,10H,4-6H2,1-3H3. The van der Waals surface area contributed by atoms with Crippen LogP contribution in [0.5, 0.6) is 0 Å². The van der Waals surface area contributed by atoms with Crippen LogP contribution in [0, 0.1) is 6.92 Å². The van der Waals surface area contributed by atoms with Crippen molar-refractivity contribution in [1.29, 1.82) is 0 Å². The van der Waals surface area contributed by atoms with Gasteiger partial charge in [0.2, 0.25) is 5.28 Å². The summed E-state index contributed by atoms with van der Waals surface area (Å²) in [7, 11) is 0. The molecule has 0 aromatic carbocycles. The summed E-state index contributed by atoms with van der Waals surface area (Å²) in [5.74, 6) is 1.02. The molecular formula is C14H18ClN3S. The van der Waals surface area contributed by atoms with E-state index in [0.29, 0.717) is 17.4 Å². The third kappa shape index (κ3) is 2.21. The van der Waals surface area contributed by atoms with Crippen molar-refractivity contribution in [2.75, 3.05) is 4.90 Å². The lowest BCUT2D eigenvalue weighted by Crippen LogP contribution is -2.35. The summed E-state index contributed by atoms with van der Waals surface area (Å²) in [6.45, 7) is 6.63. The Kier molecular flexibility index (Phi) is 3.39. The van der Waals surface area contributed by atoms with E-state index < -0.39 is 0 Å². The van der Waals surface area contributed by atoms with Gasteiger partial charge in [0.25, 0.3) is 0 Å². The molecule has 0 aliphatic carbocycles. The second-order valence-electron chi connectivity index (χ2n) is 5.29. The van der Waals surface area contributed by atoms with Gasteiger partial charge in [-0.15, -0.1) is 11.3 Å². The van der Waals surface area contributed by atoms with E-state index in [0.717, 1.165) is 22.5 Å². The Labute approximate surface area is 122 Å². The number of hydrogen-bond acceptors (Lipinski definition) is 4. The predicted octanol–water partition coefficient (Wildman–Crippen LogP) is 4.42. The minimum atomic E-state index is 0.360. The Morgan fingerprint density at radius 1 is 1.42 bits per heavy atom. The Balaban J connectivity index is 2.17. The zero-order chi connectivity index (χ0) is 13.6. The number of fused-ring (bicyclic) bond motifs is 1. The second kappa shape index (κ2) is 4.91. The maximum absolute atomic E-state index is 6.11. The summed E-state index contributed by atoms with van der Waals surface area (Å²) in [6.07, 6.45) is 3.62. The summed E-state index contributed by atoms with van der Waals surface area (Å²) in [6, 6.07) is 3.28. The highest BCUT2D eigenvalue weighted by Crippen LogP contribution is 2.37. The molecule has 2 unspecified atom stereocenters. The largest absolute Gasteiger partial charge is 0.350 e. The number of rotatable bonds is 2. The molecule has 2 aromatic heterocycles. The van der Waals surface area contributed by atoms with Crippen LogP contribution in [0.4, 0.5) is 5.82 Å². The molecule has 0 saturated carbocycles. The number of aryl methyl sites for hydroxylation is 1. The quantitative estimate of drug-likeness (QED) is 0.768. The van der Waals surface area contributed by atoms with Gasteiger partial charge in [0, 0.05) is 17.0 Å². The summed E-state index contributed by atoms with van der Waals surface area (Å²) in [5.41, 5.74) is 0. The third-order valence-corrected chi connectivity index (χ3v) is 5.08. The topological polar surface area (TPSA) is 29.0 Å². The first-order valence-corrected chi connectivity index (χ1v) is 8.01. The van der Waals surface area contributed by atoms with Crippen LogP contribution in [0.25, 0.3) is 10.2 Å². The van der Waals surface area contributed by atoms with E-state index in [1.165, 1.54) is 17.7 Å². The van der Waals surface area contributed by atoms with Gasteiger partial charge in [-0.3, -0.25) is 0 Å². The van der Waals surface area contributed by atoms with Crippen molar-refractivity contribution < 1.29 is 0 Å². The SMILES string of the molecule is CCC1CCC(C)N1c1nc(Cl)nc2sc(C)cc12. The van der Waals surface area contributed by atoms with Gasteiger partial charge in [0.15, 0.2) is 0 Å². The molecule has 19 heavy (non-hydrogen) atoms. The lowest BCUT2D eigenvalue weighted by atomic mass is 10.1. The molecule has 0 amide bonds. The average Bonchev–Trinajstić information content (AvgIpc) is 2.90. The van der Waals surface area contributed by atoms with E-state index in [1.807, 2.05) is 0 Å². The molecule has 2 aromatic rings. The van der Waals surface area contributed by atoms with Gasteiger partial charge in [0.1, 0.15) is 10.6 Å². The summed E-state index contributed by atoms with van der Waals surface area (Å²) in [4.78, 5) is 13.6. The molecule has 102 valence electrons. The van der Waals surface area contributed by atoms with Crippen molar-refractivity contribution in [2.45, 2.75) is 52.1 Å². The van der Waals surface area contributed by atoms with Crippen molar-refractivity contribution in [2.24, 2.45) is 0 Å². The van der Waals surface area contributed by atoms with Gasteiger partial charge in [-0.05, 0) is 50.8 Å². The van der Waals surface area contributed by atoms with Crippen molar-refractivity contribution in [3.8, 4) is 0 Å². The van der Waals surface area contributed by atoms with Gasteiger partial charge < -0.3 is 4.90 Å². The normalized spacial score (nSPS) is 23.5. The summed E-state index contributed by atoms with van der Waals surface area (Å²) >= 11 is 7.79. The zero-order valence-electron chi connectivity index (χ0n) is 11.5. The van der Waals surface area contributed by atoms with Gasteiger partial charge in [0.05, 0.1) is 5.39 Å². The number of aromatic nitrogens is 2. The molecule has 0 spiro atoms. The fourth-order valence-electron chi connectivity index (χ4n) is 3.05. The van der Waals surface area contributed by atoms with Crippen LogP contribution in [0.2, 0.25) is 5.28 Å². The Morgan fingerprint density at radius 2 is 2.21 bits per heavy atom. The van der Waals surface area contributed by atoms with E-state index in [4.69, 9.17) is 11.6 Å². The molecule has 3 heterocycles. The van der Waals surface area contributed by atoms with E-state index in [-0.39, 0.29) is 0 Å². The molecule has 0 bridgehead atoms. The summed E-state index contributed by atoms with van der Waals surface area (Å²) < 4.78 is 0. The third-order valence-electron chi connectivity index (χ3n) is 3.97. The average molecular weight is 296 g/mol. The van der Waals surface area contributed by atoms with Crippen LogP contribution in [0.3, 0.4) is 0 Å². The molecule has 0 N–H and O–H groups in total. The molecule has 2 atom stereocenters. The van der Waals surface area contributed by atoms with E-state index >= 15 is 0 Å². The maximum Gasteiger partial charge on any atom is 0.225 e. The molecule has 1 aliphatic heterocycles. The molecule has 5 heteroatoms. The van der Waals surface area contributed by atoms with Crippen molar-refractivity contribution in [3.63, 3.8) is 0 Å². The minimum Gasteiger partial charge on any atom is -0.350 e. The lowest BCUT2D eigenvalue weighted by molar-refractivity contribution is 0.623. The maximum atomic E-state index is 6.11. The van der Waals surface area contributed by atoms with Crippen molar-refractivity contribution in [3.05, 3.63) is 16.2 Å². The number of halogens is 1. The molecular weight excluding hydrogens is 278 g/mol. The number of nitrogens with zero attached hydrogens (tertiary/aromatic N) is 3. The highest BCUT2D eigenvalue weighted by atomic mass is 35.5. The van der Waals surface area contributed by atoms with E-state index in [1.54, 1.807) is 11.3 Å². The highest BCUT2D eigenvalue weighted by molar-refractivity contribution is 7.18. The van der Waals surface area contributed by atoms with Crippen LogP contribution in [-0.2, 0) is 0 Å². The van der Waals surface area contributed by atoms with E-state index in [9.17, 15) is 0 Å².